The Balaban J connectivity index is 1.87. The number of sulfonamides is 1. The highest BCUT2D eigenvalue weighted by Crippen LogP contribution is 2.21. The van der Waals surface area contributed by atoms with E-state index in [0.717, 1.165) is 13.0 Å². The Morgan fingerprint density at radius 3 is 2.77 bits per heavy atom. The van der Waals surface area contributed by atoms with Gasteiger partial charge in [-0.2, -0.15) is 4.72 Å². The van der Waals surface area contributed by atoms with Crippen LogP contribution in [0.4, 0.5) is 0 Å². The fraction of sp³-hybridized carbons (Fsp3) is 0.412. The van der Waals surface area contributed by atoms with Crippen molar-refractivity contribution in [3.8, 4) is 5.75 Å². The maximum Gasteiger partial charge on any atom is 0.241 e. The first-order valence-corrected chi connectivity index (χ1v) is 9.72. The molecule has 0 aliphatic rings. The number of ether oxygens (including phenoxy) is 1. The topological polar surface area (TPSA) is 102 Å². The molecule has 26 heavy (non-hydrogen) atoms. The summed E-state index contributed by atoms with van der Waals surface area (Å²) in [4.78, 5) is 16.1. The Bertz CT molecular complexity index is 834. The fourth-order valence-corrected chi connectivity index (χ4v) is 3.71. The number of benzene rings is 1. The molecule has 1 aromatic carbocycles. The molecule has 0 saturated carbocycles. The highest BCUT2D eigenvalue weighted by Gasteiger charge is 2.22. The van der Waals surface area contributed by atoms with Gasteiger partial charge in [0.15, 0.2) is 0 Å². The van der Waals surface area contributed by atoms with Crippen molar-refractivity contribution >= 4 is 15.9 Å². The smallest absolute Gasteiger partial charge is 0.241 e. The third-order valence-corrected chi connectivity index (χ3v) is 5.39. The molecule has 2 N–H and O–H groups in total. The number of hydrogen-bond donors (Lipinski definition) is 2. The van der Waals surface area contributed by atoms with E-state index in [1.54, 1.807) is 25.5 Å². The van der Waals surface area contributed by atoms with Crippen LogP contribution in [0.2, 0.25) is 0 Å². The van der Waals surface area contributed by atoms with E-state index in [9.17, 15) is 13.2 Å². The first kappa shape index (κ1) is 19.9. The number of amides is 1. The lowest BCUT2D eigenvalue weighted by atomic mass is 10.2. The van der Waals surface area contributed by atoms with Crippen LogP contribution < -0.4 is 14.8 Å². The molecular formula is C17H24N4O4S. The molecule has 142 valence electrons. The van der Waals surface area contributed by atoms with Gasteiger partial charge < -0.3 is 14.6 Å². The molecule has 2 rings (SSSR count). The number of rotatable bonds is 9. The Hall–Kier alpha value is -2.39. The van der Waals surface area contributed by atoms with Crippen LogP contribution in [0.5, 0.6) is 5.75 Å². The second-order valence-corrected chi connectivity index (χ2v) is 7.63. The summed E-state index contributed by atoms with van der Waals surface area (Å²) in [5.74, 6) is 0.233. The van der Waals surface area contributed by atoms with Crippen molar-refractivity contribution in [1.29, 1.82) is 0 Å². The molecule has 1 amide bonds. The van der Waals surface area contributed by atoms with Crippen LogP contribution in [0.25, 0.3) is 0 Å². The van der Waals surface area contributed by atoms with Crippen LogP contribution in [0.1, 0.15) is 18.9 Å². The quantitative estimate of drug-likeness (QED) is 0.634. The van der Waals surface area contributed by atoms with Crippen molar-refractivity contribution in [3.05, 3.63) is 42.5 Å². The lowest BCUT2D eigenvalue weighted by Gasteiger charge is -2.15. The van der Waals surface area contributed by atoms with E-state index < -0.39 is 16.1 Å². The summed E-state index contributed by atoms with van der Waals surface area (Å²) in [6, 6.07) is 3.67. The molecule has 8 nitrogen and oxygen atoms in total. The monoisotopic (exact) mass is 380 g/mol. The lowest BCUT2D eigenvalue weighted by molar-refractivity contribution is -0.122. The van der Waals surface area contributed by atoms with Crippen molar-refractivity contribution in [2.45, 2.75) is 37.8 Å². The van der Waals surface area contributed by atoms with Gasteiger partial charge in [0.25, 0.3) is 0 Å². The van der Waals surface area contributed by atoms with E-state index in [2.05, 4.69) is 15.0 Å². The predicted octanol–water partition coefficient (Wildman–Crippen LogP) is 1.07. The van der Waals surface area contributed by atoms with E-state index in [-0.39, 0.29) is 10.8 Å². The van der Waals surface area contributed by atoms with Crippen LogP contribution >= 0.6 is 0 Å². The van der Waals surface area contributed by atoms with Gasteiger partial charge in [0.2, 0.25) is 15.9 Å². The first-order valence-electron chi connectivity index (χ1n) is 8.24. The molecule has 0 aliphatic carbocycles. The van der Waals surface area contributed by atoms with Crippen molar-refractivity contribution in [3.63, 3.8) is 0 Å². The summed E-state index contributed by atoms with van der Waals surface area (Å²) in [5, 5.41) is 2.73. The van der Waals surface area contributed by atoms with E-state index in [1.807, 2.05) is 10.8 Å². The predicted molar refractivity (Wildman–Crippen MR) is 97.4 cm³/mol. The largest absolute Gasteiger partial charge is 0.496 e. The second kappa shape index (κ2) is 8.81. The van der Waals surface area contributed by atoms with Gasteiger partial charge in [-0.25, -0.2) is 13.4 Å². The summed E-state index contributed by atoms with van der Waals surface area (Å²) in [6.07, 6.45) is 5.96. The molecule has 1 heterocycles. The molecule has 0 aliphatic heterocycles. The molecule has 2 aromatic rings. The molecule has 0 unspecified atom stereocenters. The molecule has 0 saturated heterocycles. The number of hydrogen-bond acceptors (Lipinski definition) is 5. The van der Waals surface area contributed by atoms with Gasteiger partial charge in [-0.3, -0.25) is 4.79 Å². The summed E-state index contributed by atoms with van der Waals surface area (Å²) < 4.78 is 34.3. The standard InChI is InChI=1S/C17H24N4O4S/c1-13-11-15(5-6-16(13)25-3)26(23,24)20-14(2)17(22)19-7-4-9-21-10-8-18-12-21/h5-6,8,10-12,14,20H,4,7,9H2,1-3H3,(H,19,22)/t14-/m0/s1. The van der Waals surface area contributed by atoms with Crippen LogP contribution in [0.15, 0.2) is 41.8 Å². The number of nitrogens with one attached hydrogen (secondary N) is 2. The lowest BCUT2D eigenvalue weighted by Crippen LogP contribution is -2.45. The van der Waals surface area contributed by atoms with Gasteiger partial charge in [0.1, 0.15) is 5.75 Å². The average Bonchev–Trinajstić information content (AvgIpc) is 3.11. The zero-order valence-corrected chi connectivity index (χ0v) is 15.9. The number of methoxy groups -OCH3 is 1. The normalized spacial score (nSPS) is 12.6. The van der Waals surface area contributed by atoms with Gasteiger partial charge in [-0.15, -0.1) is 0 Å². The van der Waals surface area contributed by atoms with Gasteiger partial charge in [-0.1, -0.05) is 0 Å². The summed E-state index contributed by atoms with van der Waals surface area (Å²) in [7, 11) is -2.28. The highest BCUT2D eigenvalue weighted by molar-refractivity contribution is 7.89. The summed E-state index contributed by atoms with van der Waals surface area (Å²) >= 11 is 0. The van der Waals surface area contributed by atoms with Crippen molar-refractivity contribution in [2.24, 2.45) is 0 Å². The van der Waals surface area contributed by atoms with Crippen LogP contribution in [-0.2, 0) is 21.4 Å². The van der Waals surface area contributed by atoms with Crippen LogP contribution in [-0.4, -0.2) is 43.6 Å². The second-order valence-electron chi connectivity index (χ2n) is 5.92. The average molecular weight is 380 g/mol. The van der Waals surface area contributed by atoms with Crippen molar-refractivity contribution in [2.75, 3.05) is 13.7 Å². The molecule has 0 fully saturated rings. The zero-order chi connectivity index (χ0) is 19.2. The minimum Gasteiger partial charge on any atom is -0.496 e. The van der Waals surface area contributed by atoms with E-state index in [4.69, 9.17) is 4.74 Å². The molecule has 0 radical (unpaired) electrons. The minimum absolute atomic E-state index is 0.0931. The molecule has 9 heteroatoms. The van der Waals surface area contributed by atoms with Crippen LogP contribution in [0.3, 0.4) is 0 Å². The van der Waals surface area contributed by atoms with E-state index in [0.29, 0.717) is 17.9 Å². The molecular weight excluding hydrogens is 356 g/mol. The van der Waals surface area contributed by atoms with Crippen molar-refractivity contribution < 1.29 is 17.9 Å². The number of carbonyl (C=O) groups is 1. The number of nitrogens with zero attached hydrogens (tertiary/aromatic N) is 2. The first-order chi connectivity index (χ1) is 12.3. The fourth-order valence-electron chi connectivity index (χ4n) is 2.42. The highest BCUT2D eigenvalue weighted by atomic mass is 32.2. The Morgan fingerprint density at radius 2 is 2.15 bits per heavy atom. The van der Waals surface area contributed by atoms with Gasteiger partial charge in [0.05, 0.1) is 24.4 Å². The number of carbonyl (C=O) groups excluding carboxylic acids is 1. The third-order valence-electron chi connectivity index (χ3n) is 3.85. The summed E-state index contributed by atoms with van der Waals surface area (Å²) in [5.41, 5.74) is 0.701. The third kappa shape index (κ3) is 5.30. The Kier molecular flexibility index (Phi) is 6.76. The zero-order valence-electron chi connectivity index (χ0n) is 15.1. The maximum atomic E-state index is 12.4. The van der Waals surface area contributed by atoms with Gasteiger partial charge in [0, 0.05) is 25.5 Å². The van der Waals surface area contributed by atoms with Crippen molar-refractivity contribution in [1.82, 2.24) is 19.6 Å². The Morgan fingerprint density at radius 1 is 1.38 bits per heavy atom. The van der Waals surface area contributed by atoms with Gasteiger partial charge in [-0.05, 0) is 44.0 Å². The minimum atomic E-state index is -3.80. The Labute approximate surface area is 153 Å². The molecule has 0 spiro atoms. The number of aromatic nitrogens is 2. The maximum absolute atomic E-state index is 12.4. The van der Waals surface area contributed by atoms with Gasteiger partial charge >= 0.3 is 0 Å². The van der Waals surface area contributed by atoms with Crippen LogP contribution in [0, 0.1) is 6.92 Å². The number of aryl methyl sites for hydroxylation is 2. The SMILES string of the molecule is COc1ccc(S(=O)(=O)N[C@@H](C)C(=O)NCCCn2ccnc2)cc1C. The number of imidazole rings is 1. The van der Waals surface area contributed by atoms with E-state index in [1.165, 1.54) is 26.2 Å². The molecule has 0 bridgehead atoms. The van der Waals surface area contributed by atoms with E-state index >= 15 is 0 Å². The molecule has 1 aromatic heterocycles. The summed E-state index contributed by atoms with van der Waals surface area (Å²) in [6.45, 7) is 4.45. The molecule has 1 atom stereocenters.